The minimum absolute atomic E-state index is 0.0569. The standard InChI is InChI=1S/C14H12N2OS.C2H6/c1-10-15-12(9-18-10)8-14(17)16-7-6-11-4-2-3-5-13(11)16;1-2/h2-7,9H,8H2,1H3;1-2H3. The number of carbonyl (C=O) groups excluding carboxylic acids is 1. The van der Waals surface area contributed by atoms with Gasteiger partial charge < -0.3 is 0 Å². The molecule has 0 atom stereocenters. The third-order valence-corrected chi connectivity index (χ3v) is 3.69. The maximum atomic E-state index is 12.2. The fourth-order valence-electron chi connectivity index (χ4n) is 2.03. The highest BCUT2D eigenvalue weighted by Gasteiger charge is 2.10. The summed E-state index contributed by atoms with van der Waals surface area (Å²) in [5.74, 6) is 0.0569. The Labute approximate surface area is 122 Å². The van der Waals surface area contributed by atoms with Crippen molar-refractivity contribution in [1.82, 2.24) is 9.55 Å². The minimum atomic E-state index is 0.0569. The number of hydrogen-bond acceptors (Lipinski definition) is 3. The van der Waals surface area contributed by atoms with Gasteiger partial charge in [0.15, 0.2) is 0 Å². The highest BCUT2D eigenvalue weighted by atomic mass is 32.1. The summed E-state index contributed by atoms with van der Waals surface area (Å²) in [6.07, 6.45) is 2.18. The molecule has 0 unspecified atom stereocenters. The molecular weight excluding hydrogens is 268 g/mol. The number of thiazole rings is 1. The Morgan fingerprint density at radius 3 is 2.70 bits per heavy atom. The van der Waals surface area contributed by atoms with Gasteiger partial charge in [-0.05, 0) is 19.1 Å². The lowest BCUT2D eigenvalue weighted by molar-refractivity contribution is 0.0918. The smallest absolute Gasteiger partial charge is 0.237 e. The number of fused-ring (bicyclic) bond motifs is 1. The number of aromatic nitrogens is 2. The summed E-state index contributed by atoms with van der Waals surface area (Å²) >= 11 is 1.57. The first-order valence-electron chi connectivity index (χ1n) is 6.74. The van der Waals surface area contributed by atoms with Crippen LogP contribution in [-0.2, 0) is 6.42 Å². The summed E-state index contributed by atoms with van der Waals surface area (Å²) in [5, 5.41) is 4.02. The third kappa shape index (κ3) is 2.96. The third-order valence-electron chi connectivity index (χ3n) is 2.87. The highest BCUT2D eigenvalue weighted by Crippen LogP contribution is 2.16. The van der Waals surface area contributed by atoms with Crippen LogP contribution in [0.2, 0.25) is 0 Å². The second-order valence-corrected chi connectivity index (χ2v) is 5.24. The van der Waals surface area contributed by atoms with Gasteiger partial charge >= 0.3 is 0 Å². The van der Waals surface area contributed by atoms with Crippen LogP contribution in [0, 0.1) is 6.92 Å². The van der Waals surface area contributed by atoms with Crippen LogP contribution < -0.4 is 0 Å². The highest BCUT2D eigenvalue weighted by molar-refractivity contribution is 7.09. The molecule has 0 aliphatic carbocycles. The molecule has 0 amide bonds. The molecule has 0 fully saturated rings. The van der Waals surface area contributed by atoms with Gasteiger partial charge in [-0.25, -0.2) is 4.98 Å². The normalized spacial score (nSPS) is 10.2. The maximum Gasteiger partial charge on any atom is 0.237 e. The van der Waals surface area contributed by atoms with Crippen molar-refractivity contribution in [1.29, 1.82) is 0 Å². The summed E-state index contributed by atoms with van der Waals surface area (Å²) < 4.78 is 1.70. The summed E-state index contributed by atoms with van der Waals surface area (Å²) in [6.45, 7) is 5.95. The lowest BCUT2D eigenvalue weighted by Crippen LogP contribution is -2.12. The summed E-state index contributed by atoms with van der Waals surface area (Å²) in [4.78, 5) is 16.6. The first-order chi connectivity index (χ1) is 9.74. The molecule has 20 heavy (non-hydrogen) atoms. The molecule has 104 valence electrons. The predicted octanol–water partition coefficient (Wildman–Crippen LogP) is 4.32. The van der Waals surface area contributed by atoms with Crippen LogP contribution in [0.5, 0.6) is 0 Å². The van der Waals surface area contributed by atoms with Gasteiger partial charge in [-0.2, -0.15) is 0 Å². The first-order valence-corrected chi connectivity index (χ1v) is 7.62. The summed E-state index contributed by atoms with van der Waals surface area (Å²) in [7, 11) is 0. The summed E-state index contributed by atoms with van der Waals surface area (Å²) in [6, 6.07) is 9.84. The van der Waals surface area contributed by atoms with Gasteiger partial charge in [0, 0.05) is 17.0 Å². The van der Waals surface area contributed by atoms with Crippen molar-refractivity contribution in [2.75, 3.05) is 0 Å². The number of nitrogens with zero attached hydrogens (tertiary/aromatic N) is 2. The number of rotatable bonds is 2. The Hall–Kier alpha value is -1.94. The van der Waals surface area contributed by atoms with E-state index >= 15 is 0 Å². The molecule has 3 nitrogen and oxygen atoms in total. The molecule has 3 aromatic rings. The Morgan fingerprint density at radius 1 is 1.25 bits per heavy atom. The first kappa shape index (κ1) is 14.5. The Balaban J connectivity index is 0.000000704. The van der Waals surface area contributed by atoms with Crippen molar-refractivity contribution < 1.29 is 4.79 Å². The monoisotopic (exact) mass is 286 g/mol. The topological polar surface area (TPSA) is 34.9 Å². The lowest BCUT2D eigenvalue weighted by atomic mass is 10.2. The molecule has 0 saturated heterocycles. The Morgan fingerprint density at radius 2 is 2.00 bits per heavy atom. The largest absolute Gasteiger partial charge is 0.287 e. The van der Waals surface area contributed by atoms with Crippen LogP contribution in [0.3, 0.4) is 0 Å². The van der Waals surface area contributed by atoms with Crippen LogP contribution in [0.15, 0.2) is 41.9 Å². The fourth-order valence-corrected chi connectivity index (χ4v) is 2.64. The number of para-hydroxylation sites is 1. The van der Waals surface area contributed by atoms with Gasteiger partial charge in [0.2, 0.25) is 5.91 Å². The van der Waals surface area contributed by atoms with Crippen molar-refractivity contribution in [3.63, 3.8) is 0 Å². The van der Waals surface area contributed by atoms with E-state index in [1.54, 1.807) is 15.9 Å². The SMILES string of the molecule is CC.Cc1nc(CC(=O)n2ccc3ccccc32)cs1. The van der Waals surface area contributed by atoms with E-state index in [0.717, 1.165) is 21.6 Å². The van der Waals surface area contributed by atoms with Crippen molar-refractivity contribution >= 4 is 28.1 Å². The molecular formula is C16H18N2OS. The molecule has 0 radical (unpaired) electrons. The van der Waals surface area contributed by atoms with Crippen molar-refractivity contribution in [3.05, 3.63) is 52.6 Å². The minimum Gasteiger partial charge on any atom is -0.287 e. The van der Waals surface area contributed by atoms with Gasteiger partial charge in [0.25, 0.3) is 0 Å². The number of aryl methyl sites for hydroxylation is 1. The average molecular weight is 286 g/mol. The second-order valence-electron chi connectivity index (χ2n) is 4.17. The number of benzene rings is 1. The van der Waals surface area contributed by atoms with Crippen molar-refractivity contribution in [2.45, 2.75) is 27.2 Å². The van der Waals surface area contributed by atoms with E-state index < -0.39 is 0 Å². The van der Waals surface area contributed by atoms with Crippen molar-refractivity contribution in [3.8, 4) is 0 Å². The number of hydrogen-bond donors (Lipinski definition) is 0. The van der Waals surface area contributed by atoms with E-state index in [4.69, 9.17) is 0 Å². The fraction of sp³-hybridized carbons (Fsp3) is 0.250. The molecule has 0 bridgehead atoms. The van der Waals surface area contributed by atoms with Crippen molar-refractivity contribution in [2.24, 2.45) is 0 Å². The Bertz CT molecular complexity index is 712. The van der Waals surface area contributed by atoms with Gasteiger partial charge in [0.1, 0.15) is 0 Å². The molecule has 4 heteroatoms. The molecule has 2 heterocycles. The molecule has 0 aliphatic heterocycles. The van der Waals surface area contributed by atoms with E-state index in [0.29, 0.717) is 6.42 Å². The maximum absolute atomic E-state index is 12.2. The lowest BCUT2D eigenvalue weighted by Gasteiger charge is -2.02. The van der Waals surface area contributed by atoms with Crippen LogP contribution in [-0.4, -0.2) is 15.5 Å². The molecule has 0 N–H and O–H groups in total. The van der Waals surface area contributed by atoms with Gasteiger partial charge in [0.05, 0.1) is 22.6 Å². The van der Waals surface area contributed by atoms with Crippen LogP contribution >= 0.6 is 11.3 Å². The quantitative estimate of drug-likeness (QED) is 0.703. The Kier molecular flexibility index (Phi) is 4.69. The van der Waals surface area contributed by atoms with E-state index in [2.05, 4.69) is 4.98 Å². The molecule has 0 aliphatic rings. The number of carbonyl (C=O) groups is 1. The second kappa shape index (κ2) is 6.48. The zero-order chi connectivity index (χ0) is 14.5. The molecule has 3 rings (SSSR count). The molecule has 2 aromatic heterocycles. The van der Waals surface area contributed by atoms with E-state index in [1.807, 2.05) is 62.7 Å². The van der Waals surface area contributed by atoms with Crippen LogP contribution in [0.1, 0.15) is 29.3 Å². The average Bonchev–Trinajstić information content (AvgIpc) is 3.07. The van der Waals surface area contributed by atoms with Gasteiger partial charge in [-0.15, -0.1) is 11.3 Å². The van der Waals surface area contributed by atoms with Crippen LogP contribution in [0.25, 0.3) is 10.9 Å². The molecule has 1 aromatic carbocycles. The van der Waals surface area contributed by atoms with Gasteiger partial charge in [-0.3, -0.25) is 9.36 Å². The van der Waals surface area contributed by atoms with E-state index in [1.165, 1.54) is 0 Å². The van der Waals surface area contributed by atoms with E-state index in [9.17, 15) is 4.79 Å². The van der Waals surface area contributed by atoms with Crippen LogP contribution in [0.4, 0.5) is 0 Å². The zero-order valence-corrected chi connectivity index (χ0v) is 12.8. The van der Waals surface area contributed by atoms with Gasteiger partial charge in [-0.1, -0.05) is 32.0 Å². The zero-order valence-electron chi connectivity index (χ0n) is 12.0. The summed E-state index contributed by atoms with van der Waals surface area (Å²) in [5.41, 5.74) is 1.80. The van der Waals surface area contributed by atoms with E-state index in [-0.39, 0.29) is 5.91 Å². The molecule has 0 spiro atoms. The predicted molar refractivity (Wildman–Crippen MR) is 84.5 cm³/mol. The molecule has 0 saturated carbocycles.